The Kier molecular flexibility index (Phi) is 5.24. The molecule has 0 radical (unpaired) electrons. The van der Waals surface area contributed by atoms with E-state index >= 15 is 0 Å². The molecule has 3 nitrogen and oxygen atoms in total. The molecule has 0 bridgehead atoms. The van der Waals surface area contributed by atoms with Crippen molar-refractivity contribution in [2.45, 2.75) is 57.3 Å². The molecular formula is C11H19F3N2O. The van der Waals surface area contributed by atoms with Crippen LogP contribution in [0.4, 0.5) is 13.2 Å². The predicted octanol–water partition coefficient (Wildman–Crippen LogP) is 1.98. The van der Waals surface area contributed by atoms with Gasteiger partial charge in [-0.05, 0) is 19.8 Å². The SMILES string of the molecule is CC1CCCC(CNC(=O)CCC(F)(F)F)N1. The zero-order valence-electron chi connectivity index (χ0n) is 9.94. The lowest BCUT2D eigenvalue weighted by Gasteiger charge is -2.28. The Morgan fingerprint density at radius 3 is 2.71 bits per heavy atom. The summed E-state index contributed by atoms with van der Waals surface area (Å²) in [6.45, 7) is 2.48. The molecule has 100 valence electrons. The minimum absolute atomic E-state index is 0.189. The van der Waals surface area contributed by atoms with E-state index in [-0.39, 0.29) is 6.04 Å². The molecule has 2 N–H and O–H groups in total. The van der Waals surface area contributed by atoms with Crippen LogP contribution in [0.1, 0.15) is 39.0 Å². The minimum Gasteiger partial charge on any atom is -0.355 e. The third-order valence-corrected chi connectivity index (χ3v) is 2.89. The van der Waals surface area contributed by atoms with Crippen LogP contribution in [0.15, 0.2) is 0 Å². The zero-order valence-corrected chi connectivity index (χ0v) is 9.94. The summed E-state index contributed by atoms with van der Waals surface area (Å²) in [6, 6.07) is 0.606. The lowest BCUT2D eigenvalue weighted by Crippen LogP contribution is -2.47. The van der Waals surface area contributed by atoms with Crippen LogP contribution in [0.5, 0.6) is 0 Å². The van der Waals surface area contributed by atoms with Crippen LogP contribution in [0.25, 0.3) is 0 Å². The molecule has 0 saturated carbocycles. The third-order valence-electron chi connectivity index (χ3n) is 2.89. The first-order chi connectivity index (χ1) is 7.87. The van der Waals surface area contributed by atoms with Crippen molar-refractivity contribution in [1.82, 2.24) is 10.6 Å². The summed E-state index contributed by atoms with van der Waals surface area (Å²) in [6.07, 6.45) is -2.62. The zero-order chi connectivity index (χ0) is 12.9. The largest absolute Gasteiger partial charge is 0.389 e. The number of amides is 1. The number of carbonyl (C=O) groups is 1. The van der Waals surface area contributed by atoms with Crippen LogP contribution in [0.2, 0.25) is 0 Å². The number of halogens is 3. The van der Waals surface area contributed by atoms with Crippen molar-refractivity contribution in [2.75, 3.05) is 6.54 Å². The van der Waals surface area contributed by atoms with Crippen LogP contribution in [0.3, 0.4) is 0 Å². The third kappa shape index (κ3) is 6.51. The van der Waals surface area contributed by atoms with Gasteiger partial charge in [-0.1, -0.05) is 6.42 Å². The molecule has 0 spiro atoms. The fraction of sp³-hybridized carbons (Fsp3) is 0.909. The first kappa shape index (κ1) is 14.3. The number of nitrogens with one attached hydrogen (secondary N) is 2. The molecule has 6 heteroatoms. The Bertz CT molecular complexity index is 256. The molecule has 0 aliphatic carbocycles. The van der Waals surface area contributed by atoms with Crippen molar-refractivity contribution in [3.8, 4) is 0 Å². The smallest absolute Gasteiger partial charge is 0.355 e. The van der Waals surface area contributed by atoms with Crippen molar-refractivity contribution in [1.29, 1.82) is 0 Å². The maximum absolute atomic E-state index is 11.9. The summed E-state index contributed by atoms with van der Waals surface area (Å²) >= 11 is 0. The molecule has 1 rings (SSSR count). The Labute approximate surface area is 99.1 Å². The highest BCUT2D eigenvalue weighted by Gasteiger charge is 2.28. The molecule has 1 saturated heterocycles. The number of carbonyl (C=O) groups excluding carboxylic acids is 1. The number of alkyl halides is 3. The molecule has 17 heavy (non-hydrogen) atoms. The van der Waals surface area contributed by atoms with Gasteiger partial charge in [0.25, 0.3) is 0 Å². The van der Waals surface area contributed by atoms with Crippen LogP contribution in [-0.4, -0.2) is 30.7 Å². The Hall–Kier alpha value is -0.780. The van der Waals surface area contributed by atoms with Gasteiger partial charge < -0.3 is 10.6 Å². The highest BCUT2D eigenvalue weighted by atomic mass is 19.4. The van der Waals surface area contributed by atoms with Crippen LogP contribution in [0, 0.1) is 0 Å². The molecule has 2 atom stereocenters. The van der Waals surface area contributed by atoms with E-state index in [9.17, 15) is 18.0 Å². The van der Waals surface area contributed by atoms with Crippen molar-refractivity contribution in [2.24, 2.45) is 0 Å². The van der Waals surface area contributed by atoms with E-state index in [1.54, 1.807) is 0 Å². The van der Waals surface area contributed by atoms with Gasteiger partial charge in [0.05, 0.1) is 6.42 Å². The van der Waals surface area contributed by atoms with Gasteiger partial charge in [-0.25, -0.2) is 0 Å². The minimum atomic E-state index is -4.26. The summed E-state index contributed by atoms with van der Waals surface area (Å²) in [5, 5.41) is 5.85. The van der Waals surface area contributed by atoms with E-state index in [1.165, 1.54) is 0 Å². The molecular weight excluding hydrogens is 233 g/mol. The monoisotopic (exact) mass is 252 g/mol. The predicted molar refractivity (Wildman–Crippen MR) is 58.5 cm³/mol. The second kappa shape index (κ2) is 6.23. The molecule has 1 heterocycles. The lowest BCUT2D eigenvalue weighted by atomic mass is 9.99. The number of hydrogen-bond acceptors (Lipinski definition) is 2. The van der Waals surface area contributed by atoms with E-state index in [4.69, 9.17) is 0 Å². The van der Waals surface area contributed by atoms with Gasteiger partial charge in [-0.15, -0.1) is 0 Å². The van der Waals surface area contributed by atoms with Gasteiger partial charge in [0.15, 0.2) is 0 Å². The average Bonchev–Trinajstić information content (AvgIpc) is 2.23. The Morgan fingerprint density at radius 1 is 1.41 bits per heavy atom. The number of hydrogen-bond donors (Lipinski definition) is 2. The van der Waals surface area contributed by atoms with E-state index in [1.807, 2.05) is 0 Å². The van der Waals surface area contributed by atoms with Gasteiger partial charge in [0, 0.05) is 25.0 Å². The number of rotatable bonds is 4. The van der Waals surface area contributed by atoms with Gasteiger partial charge >= 0.3 is 6.18 Å². The summed E-state index contributed by atoms with van der Waals surface area (Å²) in [5.41, 5.74) is 0. The summed E-state index contributed by atoms with van der Waals surface area (Å²) in [4.78, 5) is 11.2. The first-order valence-electron chi connectivity index (χ1n) is 5.96. The molecule has 0 aromatic carbocycles. The normalized spacial score (nSPS) is 25.6. The molecule has 2 unspecified atom stereocenters. The van der Waals surface area contributed by atoms with Crippen LogP contribution in [-0.2, 0) is 4.79 Å². The van der Waals surface area contributed by atoms with Gasteiger partial charge in [0.2, 0.25) is 5.91 Å². The highest BCUT2D eigenvalue weighted by molar-refractivity contribution is 5.75. The van der Waals surface area contributed by atoms with E-state index in [0.717, 1.165) is 19.3 Å². The molecule has 0 aromatic heterocycles. The van der Waals surface area contributed by atoms with Gasteiger partial charge in [0.1, 0.15) is 0 Å². The second-order valence-corrected chi connectivity index (χ2v) is 4.61. The fourth-order valence-corrected chi connectivity index (χ4v) is 1.98. The van der Waals surface area contributed by atoms with Gasteiger partial charge in [-0.3, -0.25) is 4.79 Å². The number of piperidine rings is 1. The second-order valence-electron chi connectivity index (χ2n) is 4.61. The van der Waals surface area contributed by atoms with Crippen LogP contribution < -0.4 is 10.6 Å². The summed E-state index contributed by atoms with van der Waals surface area (Å²) in [5.74, 6) is -0.526. The summed E-state index contributed by atoms with van der Waals surface area (Å²) in [7, 11) is 0. The molecule has 1 fully saturated rings. The standard InChI is InChI=1S/C11H19F3N2O/c1-8-3-2-4-9(16-8)7-15-10(17)5-6-11(12,13)14/h8-9,16H,2-7H2,1H3,(H,15,17). The molecule has 1 amide bonds. The first-order valence-corrected chi connectivity index (χ1v) is 5.96. The highest BCUT2D eigenvalue weighted by Crippen LogP contribution is 2.21. The van der Waals surface area contributed by atoms with E-state index in [2.05, 4.69) is 17.6 Å². The lowest BCUT2D eigenvalue weighted by molar-refractivity contribution is -0.144. The van der Waals surface area contributed by atoms with Crippen molar-refractivity contribution >= 4 is 5.91 Å². The van der Waals surface area contributed by atoms with Gasteiger partial charge in [-0.2, -0.15) is 13.2 Å². The average molecular weight is 252 g/mol. The quantitative estimate of drug-likeness (QED) is 0.803. The van der Waals surface area contributed by atoms with E-state index in [0.29, 0.717) is 12.6 Å². The molecule has 1 aliphatic heterocycles. The maximum atomic E-state index is 11.9. The Morgan fingerprint density at radius 2 is 2.12 bits per heavy atom. The molecule has 0 aromatic rings. The maximum Gasteiger partial charge on any atom is 0.389 e. The van der Waals surface area contributed by atoms with Crippen molar-refractivity contribution in [3.05, 3.63) is 0 Å². The van der Waals surface area contributed by atoms with Crippen molar-refractivity contribution < 1.29 is 18.0 Å². The topological polar surface area (TPSA) is 41.1 Å². The van der Waals surface area contributed by atoms with Crippen LogP contribution >= 0.6 is 0 Å². The molecule has 1 aliphatic rings. The van der Waals surface area contributed by atoms with E-state index < -0.39 is 24.9 Å². The summed E-state index contributed by atoms with van der Waals surface area (Å²) < 4.78 is 35.6. The van der Waals surface area contributed by atoms with Crippen molar-refractivity contribution in [3.63, 3.8) is 0 Å². The Balaban J connectivity index is 2.15. The fourth-order valence-electron chi connectivity index (χ4n) is 1.98.